The fourth-order valence-electron chi connectivity index (χ4n) is 3.95. The Labute approximate surface area is 178 Å². The van der Waals surface area contributed by atoms with Gasteiger partial charge in [-0.3, -0.25) is 14.5 Å². The molecule has 2 aliphatic rings. The number of piperidine rings is 1. The molecule has 3 heterocycles. The van der Waals surface area contributed by atoms with Crippen LogP contribution in [-0.2, 0) is 15.1 Å². The molecule has 0 spiro atoms. The van der Waals surface area contributed by atoms with Crippen molar-refractivity contribution in [2.45, 2.75) is 18.1 Å². The van der Waals surface area contributed by atoms with E-state index in [1.165, 1.54) is 21.1 Å². The fraction of sp³-hybridized carbons (Fsp3) is 0.381. The first kappa shape index (κ1) is 20.4. The second-order valence-corrected chi connectivity index (χ2v) is 8.23. The third-order valence-electron chi connectivity index (χ3n) is 5.67. The minimum absolute atomic E-state index is 0.0561. The van der Waals surface area contributed by atoms with Crippen molar-refractivity contribution in [3.05, 3.63) is 58.3 Å². The molecule has 0 saturated carbocycles. The summed E-state index contributed by atoms with van der Waals surface area (Å²) < 4.78 is 4.87. The molecule has 3 amide bonds. The molecule has 1 aromatic carbocycles. The van der Waals surface area contributed by atoms with Crippen LogP contribution in [0.1, 0.15) is 22.3 Å². The van der Waals surface area contributed by atoms with Gasteiger partial charge in [0.1, 0.15) is 13.2 Å². The van der Waals surface area contributed by atoms with Crippen molar-refractivity contribution < 1.29 is 24.2 Å². The second kappa shape index (κ2) is 8.45. The van der Waals surface area contributed by atoms with Crippen molar-refractivity contribution in [1.82, 2.24) is 15.1 Å². The molecule has 0 unspecified atom stereocenters. The lowest BCUT2D eigenvalue weighted by Gasteiger charge is -2.46. The molecular weight excluding hydrogens is 406 g/mol. The summed E-state index contributed by atoms with van der Waals surface area (Å²) in [6.07, 6.45) is -1.15. The van der Waals surface area contributed by atoms with Crippen LogP contribution in [0.4, 0.5) is 4.79 Å². The molecular formula is C21H23N3O5S. The smallest absolute Gasteiger partial charge is 0.410 e. The van der Waals surface area contributed by atoms with Crippen LogP contribution in [0.15, 0.2) is 47.2 Å². The van der Waals surface area contributed by atoms with E-state index >= 15 is 0 Å². The van der Waals surface area contributed by atoms with Gasteiger partial charge in [-0.1, -0.05) is 30.3 Å². The van der Waals surface area contributed by atoms with Crippen LogP contribution >= 0.6 is 11.3 Å². The highest BCUT2D eigenvalue weighted by Crippen LogP contribution is 2.34. The molecule has 9 heteroatoms. The third kappa shape index (κ3) is 3.90. The molecule has 158 valence electrons. The van der Waals surface area contributed by atoms with E-state index in [0.29, 0.717) is 25.1 Å². The third-order valence-corrected chi connectivity index (χ3v) is 6.35. The Morgan fingerprint density at radius 3 is 2.67 bits per heavy atom. The van der Waals surface area contributed by atoms with E-state index < -0.39 is 17.7 Å². The van der Waals surface area contributed by atoms with Crippen molar-refractivity contribution in [2.75, 3.05) is 32.8 Å². The Morgan fingerprint density at radius 1 is 1.23 bits per heavy atom. The predicted octanol–water partition coefficient (Wildman–Crippen LogP) is 1.42. The summed E-state index contributed by atoms with van der Waals surface area (Å²) in [5.41, 5.74) is 0.314. The molecule has 0 aliphatic carbocycles. The first-order valence-electron chi connectivity index (χ1n) is 9.77. The molecule has 0 bridgehead atoms. The van der Waals surface area contributed by atoms with Gasteiger partial charge in [-0.25, -0.2) is 4.79 Å². The number of rotatable bonds is 5. The van der Waals surface area contributed by atoms with Gasteiger partial charge in [-0.2, -0.15) is 11.3 Å². The van der Waals surface area contributed by atoms with Crippen molar-refractivity contribution in [1.29, 1.82) is 0 Å². The molecule has 2 aliphatic heterocycles. The first-order valence-corrected chi connectivity index (χ1v) is 10.7. The largest absolute Gasteiger partial charge is 0.448 e. The summed E-state index contributed by atoms with van der Waals surface area (Å²) in [4.78, 5) is 40.0. The van der Waals surface area contributed by atoms with Crippen molar-refractivity contribution in [3.63, 3.8) is 0 Å². The molecule has 2 atom stereocenters. The molecule has 1 aromatic heterocycles. The highest BCUT2D eigenvalue weighted by atomic mass is 32.1. The Balaban J connectivity index is 1.52. The number of thiophene rings is 1. The number of nitrogens with one attached hydrogen (secondary N) is 1. The van der Waals surface area contributed by atoms with E-state index in [1.54, 1.807) is 11.4 Å². The SMILES string of the molecule is O=C(N[C@]1(c2ccccc2)CCN(C(=O)CN2CCOC2=O)C[C@H]1O)c1ccsc1. The Bertz CT molecular complexity index is 920. The van der Waals surface area contributed by atoms with E-state index in [0.717, 1.165) is 5.56 Å². The monoisotopic (exact) mass is 429 g/mol. The van der Waals surface area contributed by atoms with Gasteiger partial charge in [0.05, 0.1) is 23.8 Å². The maximum atomic E-state index is 12.8. The van der Waals surface area contributed by atoms with Crippen LogP contribution in [0.25, 0.3) is 0 Å². The number of hydrogen-bond acceptors (Lipinski definition) is 6. The number of ether oxygens (including phenoxy) is 1. The lowest BCUT2D eigenvalue weighted by Crippen LogP contribution is -2.63. The van der Waals surface area contributed by atoms with Crippen LogP contribution < -0.4 is 5.32 Å². The van der Waals surface area contributed by atoms with Crippen LogP contribution in [0.2, 0.25) is 0 Å². The van der Waals surface area contributed by atoms with Gasteiger partial charge in [0.2, 0.25) is 5.91 Å². The number of cyclic esters (lactones) is 1. The number of β-amino-alcohol motifs (C(OH)–C–C–N with tert-alkyl or cyclic N) is 1. The highest BCUT2D eigenvalue weighted by molar-refractivity contribution is 7.08. The number of nitrogens with zero attached hydrogens (tertiary/aromatic N) is 2. The summed E-state index contributed by atoms with van der Waals surface area (Å²) in [7, 11) is 0. The zero-order valence-corrected chi connectivity index (χ0v) is 17.1. The van der Waals surface area contributed by atoms with Gasteiger partial charge >= 0.3 is 6.09 Å². The summed E-state index contributed by atoms with van der Waals surface area (Å²) in [5, 5.41) is 17.8. The maximum absolute atomic E-state index is 12.8. The minimum Gasteiger partial charge on any atom is -0.448 e. The molecule has 2 fully saturated rings. The van der Waals surface area contributed by atoms with Gasteiger partial charge in [0.25, 0.3) is 5.91 Å². The lowest BCUT2D eigenvalue weighted by atomic mass is 9.78. The Hall–Kier alpha value is -2.91. The zero-order chi connectivity index (χ0) is 21.1. The van der Waals surface area contributed by atoms with E-state index in [9.17, 15) is 19.5 Å². The number of amides is 3. The molecule has 8 nitrogen and oxygen atoms in total. The second-order valence-electron chi connectivity index (χ2n) is 7.45. The lowest BCUT2D eigenvalue weighted by molar-refractivity contribution is -0.137. The molecule has 2 aromatic rings. The Morgan fingerprint density at radius 2 is 2.03 bits per heavy atom. The highest BCUT2D eigenvalue weighted by Gasteiger charge is 2.46. The summed E-state index contributed by atoms with van der Waals surface area (Å²) in [6, 6.07) is 11.1. The number of aliphatic hydroxyl groups is 1. The number of carbonyl (C=O) groups excluding carboxylic acids is 3. The number of likely N-dealkylation sites (tertiary alicyclic amines) is 1. The summed E-state index contributed by atoms with van der Waals surface area (Å²) in [6.45, 7) is 0.982. The van der Waals surface area contributed by atoms with Crippen LogP contribution in [0.3, 0.4) is 0 Å². The van der Waals surface area contributed by atoms with Crippen LogP contribution in [0, 0.1) is 0 Å². The number of aliphatic hydroxyl groups excluding tert-OH is 1. The minimum atomic E-state index is -1.01. The number of hydrogen-bond donors (Lipinski definition) is 2. The van der Waals surface area contributed by atoms with Crippen LogP contribution in [0.5, 0.6) is 0 Å². The Kier molecular flexibility index (Phi) is 5.74. The van der Waals surface area contributed by atoms with E-state index in [2.05, 4.69) is 5.32 Å². The van der Waals surface area contributed by atoms with Gasteiger partial charge in [-0.15, -0.1) is 0 Å². The van der Waals surface area contributed by atoms with E-state index in [-0.39, 0.29) is 31.5 Å². The first-order chi connectivity index (χ1) is 14.5. The van der Waals surface area contributed by atoms with Crippen molar-refractivity contribution >= 4 is 29.2 Å². The quantitative estimate of drug-likeness (QED) is 0.749. The standard InChI is InChI=1S/C21H23N3O5S/c25-17-12-23(18(26)13-24-9-10-29-20(24)28)8-7-21(17,16-4-2-1-3-5-16)22-19(27)15-6-11-30-14-15/h1-6,11,14,17,25H,7-10,12-13H2,(H,22,27)/t17-,21+/m1/s1. The van der Waals surface area contributed by atoms with Gasteiger partial charge < -0.3 is 20.1 Å². The molecule has 30 heavy (non-hydrogen) atoms. The summed E-state index contributed by atoms with van der Waals surface area (Å²) in [5.74, 6) is -0.516. The predicted molar refractivity (Wildman–Crippen MR) is 110 cm³/mol. The van der Waals surface area contributed by atoms with Crippen LogP contribution in [-0.4, -0.2) is 71.7 Å². The van der Waals surface area contributed by atoms with E-state index in [4.69, 9.17) is 4.74 Å². The van der Waals surface area contributed by atoms with Gasteiger partial charge in [0.15, 0.2) is 0 Å². The zero-order valence-electron chi connectivity index (χ0n) is 16.3. The van der Waals surface area contributed by atoms with Gasteiger partial charge in [0, 0.05) is 18.5 Å². The summed E-state index contributed by atoms with van der Waals surface area (Å²) >= 11 is 1.43. The normalized spacial score (nSPS) is 23.9. The number of benzene rings is 1. The maximum Gasteiger partial charge on any atom is 0.410 e. The number of carbonyl (C=O) groups is 3. The molecule has 0 radical (unpaired) electrons. The average molecular weight is 429 g/mol. The fourth-order valence-corrected chi connectivity index (χ4v) is 4.59. The van der Waals surface area contributed by atoms with Gasteiger partial charge in [-0.05, 0) is 23.4 Å². The molecule has 2 N–H and O–H groups in total. The van der Waals surface area contributed by atoms with Crippen molar-refractivity contribution in [2.24, 2.45) is 0 Å². The van der Waals surface area contributed by atoms with Crippen molar-refractivity contribution in [3.8, 4) is 0 Å². The van der Waals surface area contributed by atoms with E-state index in [1.807, 2.05) is 35.7 Å². The molecule has 2 saturated heterocycles. The topological polar surface area (TPSA) is 99.2 Å². The average Bonchev–Trinajstić information content (AvgIpc) is 3.43. The molecule has 4 rings (SSSR count).